The Hall–Kier alpha value is -3.58. The fourth-order valence-electron chi connectivity index (χ4n) is 7.59. The van der Waals surface area contributed by atoms with E-state index in [-0.39, 0.29) is 22.3 Å². The third kappa shape index (κ3) is 5.25. The summed E-state index contributed by atoms with van der Waals surface area (Å²) in [7, 11) is 0. The summed E-state index contributed by atoms with van der Waals surface area (Å²) in [5.74, 6) is 0.0217. The number of anilines is 1. The molecule has 1 aromatic carbocycles. The molecule has 246 valence electrons. The number of ether oxygens (including phenoxy) is 2. The predicted molar refractivity (Wildman–Crippen MR) is 159 cm³/mol. The standard InChI is InChI=1S/C33H38F3N5O5/c1-3-45-28-37-16-23(17-38-28)21-5-4-6-24(13-21)41(25(42)22-14-32(43,15-22)33(34,35)36)18-30-7-10-31(11-8-30,12-9-30)26-39-27(46-40-26)29(2)19-44-20-29/h4-6,13,16-17,22,43H,3,7-12,14-15,18-20H2,1-2H3. The molecule has 0 spiro atoms. The molecule has 10 nitrogen and oxygen atoms in total. The summed E-state index contributed by atoms with van der Waals surface area (Å²) >= 11 is 0. The zero-order valence-electron chi connectivity index (χ0n) is 26.0. The molecule has 0 atom stereocenters. The lowest BCUT2D eigenvalue weighted by Crippen LogP contribution is -2.60. The number of alkyl halides is 3. The Bertz CT molecular complexity index is 1570. The second-order valence-electron chi connectivity index (χ2n) is 14.1. The Morgan fingerprint density at radius 2 is 1.74 bits per heavy atom. The Morgan fingerprint density at radius 1 is 1.07 bits per heavy atom. The minimum absolute atomic E-state index is 0.190. The van der Waals surface area contributed by atoms with Crippen LogP contribution in [0.1, 0.15) is 76.9 Å². The number of amides is 1. The molecule has 3 aromatic rings. The first kappa shape index (κ1) is 31.0. The lowest BCUT2D eigenvalue weighted by Gasteiger charge is -2.54. The van der Waals surface area contributed by atoms with Gasteiger partial charge in [0.1, 0.15) is 0 Å². The van der Waals surface area contributed by atoms with Gasteiger partial charge in [-0.3, -0.25) is 4.79 Å². The quantitative estimate of drug-likeness (QED) is 0.321. The molecule has 4 aliphatic carbocycles. The first-order chi connectivity index (χ1) is 21.9. The highest BCUT2D eigenvalue weighted by Crippen LogP contribution is 2.58. The second kappa shape index (κ2) is 11.0. The number of nitrogens with zero attached hydrogens (tertiary/aromatic N) is 5. The van der Waals surface area contributed by atoms with Crippen molar-refractivity contribution in [2.45, 2.75) is 87.8 Å². The van der Waals surface area contributed by atoms with Crippen LogP contribution in [0.5, 0.6) is 6.01 Å². The van der Waals surface area contributed by atoms with Crippen molar-refractivity contribution < 1.29 is 37.1 Å². The molecule has 3 heterocycles. The third-order valence-electron chi connectivity index (χ3n) is 10.9. The average Bonchev–Trinajstić information content (AvgIpc) is 3.53. The van der Waals surface area contributed by atoms with Crippen molar-refractivity contribution >= 4 is 11.6 Å². The van der Waals surface area contributed by atoms with Crippen LogP contribution >= 0.6 is 0 Å². The Balaban J connectivity index is 1.13. The summed E-state index contributed by atoms with van der Waals surface area (Å²) in [4.78, 5) is 29.0. The van der Waals surface area contributed by atoms with E-state index >= 15 is 0 Å². The maximum absolute atomic E-state index is 14.0. The van der Waals surface area contributed by atoms with Crippen LogP contribution in [-0.4, -0.2) is 69.3 Å². The van der Waals surface area contributed by atoms with Crippen LogP contribution in [0, 0.1) is 11.3 Å². The van der Waals surface area contributed by atoms with Crippen LogP contribution in [0.4, 0.5) is 18.9 Å². The molecular weight excluding hydrogens is 603 g/mol. The summed E-state index contributed by atoms with van der Waals surface area (Å²) < 4.78 is 56.9. The highest BCUT2D eigenvalue weighted by atomic mass is 19.4. The van der Waals surface area contributed by atoms with Gasteiger partial charge in [0.05, 0.1) is 25.2 Å². The van der Waals surface area contributed by atoms with E-state index in [1.165, 1.54) is 0 Å². The average molecular weight is 642 g/mol. The minimum Gasteiger partial charge on any atom is -0.464 e. The van der Waals surface area contributed by atoms with E-state index in [0.717, 1.165) is 49.9 Å². The normalized spacial score (nSPS) is 29.9. The van der Waals surface area contributed by atoms with Crippen LogP contribution in [0.2, 0.25) is 0 Å². The van der Waals surface area contributed by atoms with E-state index in [9.17, 15) is 23.1 Å². The monoisotopic (exact) mass is 641 g/mol. The second-order valence-corrected chi connectivity index (χ2v) is 14.1. The zero-order chi connectivity index (χ0) is 32.4. The smallest absolute Gasteiger partial charge is 0.417 e. The number of carbonyl (C=O) groups excluding carboxylic acids is 1. The number of carbonyl (C=O) groups is 1. The van der Waals surface area contributed by atoms with Gasteiger partial charge in [-0.1, -0.05) is 17.3 Å². The molecule has 5 aliphatic rings. The molecule has 1 saturated heterocycles. The van der Waals surface area contributed by atoms with Gasteiger partial charge in [-0.2, -0.15) is 18.2 Å². The number of halogens is 3. The minimum atomic E-state index is -4.78. The molecule has 2 bridgehead atoms. The largest absolute Gasteiger partial charge is 0.464 e. The Labute approximate surface area is 264 Å². The molecule has 1 aliphatic heterocycles. The van der Waals surface area contributed by atoms with Gasteiger partial charge < -0.3 is 24.0 Å². The molecule has 13 heteroatoms. The number of fused-ring (bicyclic) bond motifs is 3. The summed E-state index contributed by atoms with van der Waals surface area (Å²) in [6.45, 7) is 5.82. The topological polar surface area (TPSA) is 124 Å². The van der Waals surface area contributed by atoms with Gasteiger partial charge in [0.15, 0.2) is 11.4 Å². The first-order valence-electron chi connectivity index (χ1n) is 15.9. The lowest BCUT2D eigenvalue weighted by molar-refractivity contribution is -0.295. The molecule has 2 aromatic heterocycles. The summed E-state index contributed by atoms with van der Waals surface area (Å²) in [5.41, 5.74) is -1.41. The van der Waals surface area contributed by atoms with Crippen LogP contribution in [0.25, 0.3) is 11.1 Å². The summed E-state index contributed by atoms with van der Waals surface area (Å²) in [6, 6.07) is 7.61. The van der Waals surface area contributed by atoms with Gasteiger partial charge in [-0.05, 0) is 88.3 Å². The Morgan fingerprint density at radius 3 is 2.33 bits per heavy atom. The maximum atomic E-state index is 14.0. The van der Waals surface area contributed by atoms with Gasteiger partial charge in [0, 0.05) is 41.5 Å². The fourth-order valence-corrected chi connectivity index (χ4v) is 7.59. The number of rotatable bonds is 9. The predicted octanol–water partition coefficient (Wildman–Crippen LogP) is 5.54. The fraction of sp³-hybridized carbons (Fsp3) is 0.606. The highest BCUT2D eigenvalue weighted by Gasteiger charge is 2.63. The Kier molecular flexibility index (Phi) is 7.43. The van der Waals surface area contributed by atoms with Crippen molar-refractivity contribution in [1.82, 2.24) is 20.1 Å². The molecule has 1 amide bonds. The van der Waals surface area contributed by atoms with E-state index in [1.54, 1.807) is 17.3 Å². The van der Waals surface area contributed by atoms with Crippen molar-refractivity contribution in [2.75, 3.05) is 31.3 Å². The number of hydrogen-bond donors (Lipinski definition) is 1. The molecule has 1 N–H and O–H groups in total. The lowest BCUT2D eigenvalue weighted by atomic mass is 9.53. The summed E-state index contributed by atoms with van der Waals surface area (Å²) in [5, 5.41) is 14.6. The number of hydrogen-bond acceptors (Lipinski definition) is 9. The van der Waals surface area contributed by atoms with E-state index < -0.39 is 36.4 Å². The third-order valence-corrected chi connectivity index (χ3v) is 10.9. The first-order valence-corrected chi connectivity index (χ1v) is 15.9. The maximum Gasteiger partial charge on any atom is 0.417 e. The van der Waals surface area contributed by atoms with Crippen LogP contribution in [0.3, 0.4) is 0 Å². The molecule has 0 unspecified atom stereocenters. The molecule has 8 rings (SSSR count). The van der Waals surface area contributed by atoms with E-state index in [4.69, 9.17) is 19.0 Å². The van der Waals surface area contributed by atoms with Gasteiger partial charge in [0.2, 0.25) is 11.8 Å². The van der Waals surface area contributed by atoms with E-state index in [0.29, 0.717) is 43.5 Å². The molecule has 4 saturated carbocycles. The van der Waals surface area contributed by atoms with Gasteiger partial charge in [0.25, 0.3) is 0 Å². The van der Waals surface area contributed by atoms with Gasteiger partial charge in [-0.15, -0.1) is 0 Å². The van der Waals surface area contributed by atoms with Crippen molar-refractivity contribution in [1.29, 1.82) is 0 Å². The van der Waals surface area contributed by atoms with Gasteiger partial charge >= 0.3 is 12.2 Å². The van der Waals surface area contributed by atoms with Crippen molar-refractivity contribution in [3.63, 3.8) is 0 Å². The van der Waals surface area contributed by atoms with Crippen LogP contribution in [-0.2, 0) is 20.4 Å². The van der Waals surface area contributed by atoms with E-state index in [1.807, 2.05) is 31.2 Å². The van der Waals surface area contributed by atoms with Crippen molar-refractivity contribution in [3.05, 3.63) is 48.4 Å². The number of aliphatic hydroxyl groups is 1. The van der Waals surface area contributed by atoms with Gasteiger partial charge in [-0.25, -0.2) is 9.97 Å². The van der Waals surface area contributed by atoms with Crippen molar-refractivity contribution in [2.24, 2.45) is 11.3 Å². The summed E-state index contributed by atoms with van der Waals surface area (Å²) in [6.07, 6.45) is 2.19. The molecular formula is C33H38F3N5O5. The zero-order valence-corrected chi connectivity index (χ0v) is 26.0. The molecule has 46 heavy (non-hydrogen) atoms. The highest BCUT2D eigenvalue weighted by molar-refractivity contribution is 5.96. The number of aromatic nitrogens is 4. The van der Waals surface area contributed by atoms with Crippen molar-refractivity contribution in [3.8, 4) is 17.1 Å². The molecule has 5 fully saturated rings. The number of benzene rings is 1. The molecule has 0 radical (unpaired) electrons. The SMILES string of the molecule is CCOc1ncc(-c2cccc(N(CC34CCC(c5noc(C6(C)COC6)n5)(CC3)CC4)C(=O)C3CC(O)(C(F)(F)F)C3)c2)cn1. The van der Waals surface area contributed by atoms with Crippen LogP contribution in [0.15, 0.2) is 41.2 Å². The van der Waals surface area contributed by atoms with E-state index in [2.05, 4.69) is 22.0 Å². The van der Waals surface area contributed by atoms with Crippen LogP contribution < -0.4 is 9.64 Å².